The number of amides is 1. The Balaban J connectivity index is 1.63. The average molecular weight is 963 g/mol. The highest BCUT2D eigenvalue weighted by molar-refractivity contribution is 5.77. The van der Waals surface area contributed by atoms with Gasteiger partial charge in [0.1, 0.15) is 12.2 Å². The molecule has 0 aromatic rings. The number of nitrogens with one attached hydrogen (secondary N) is 1. The van der Waals surface area contributed by atoms with Crippen molar-refractivity contribution in [3.8, 4) is 0 Å². The molecule has 2 fully saturated rings. The Hall–Kier alpha value is -1.97. The second kappa shape index (κ2) is 42.7. The fourth-order valence-corrected chi connectivity index (χ4v) is 8.79. The van der Waals surface area contributed by atoms with Gasteiger partial charge in [0.05, 0.1) is 65.0 Å². The maximum atomic E-state index is 12.8. The molecule has 68 heavy (non-hydrogen) atoms. The van der Waals surface area contributed by atoms with Crippen LogP contribution < -0.4 is 5.32 Å². The van der Waals surface area contributed by atoms with E-state index in [4.69, 9.17) is 28.4 Å². The van der Waals surface area contributed by atoms with Gasteiger partial charge in [-0.25, -0.2) is 0 Å². The molecule has 0 aromatic carbocycles. The van der Waals surface area contributed by atoms with Crippen LogP contribution in [-0.4, -0.2) is 136 Å². The molecule has 0 spiro atoms. The highest BCUT2D eigenvalue weighted by Gasteiger charge is 2.43. The van der Waals surface area contributed by atoms with Gasteiger partial charge in [0.15, 0.2) is 12.1 Å². The Bertz CT molecular complexity index is 1250. The first-order chi connectivity index (χ1) is 33.2. The molecule has 0 saturated carbocycles. The number of ether oxygens (including phenoxy) is 6. The van der Waals surface area contributed by atoms with Crippen molar-refractivity contribution in [3.63, 3.8) is 0 Å². The van der Waals surface area contributed by atoms with Gasteiger partial charge in [0.2, 0.25) is 5.91 Å². The Kier molecular flexibility index (Phi) is 39.0. The zero-order valence-electron chi connectivity index (χ0n) is 43.7. The van der Waals surface area contributed by atoms with Crippen molar-refractivity contribution in [1.82, 2.24) is 10.2 Å². The fraction of sp³-hybridized carbons (Fsp3) is 0.839. The average Bonchev–Trinajstić information content (AvgIpc) is 3.73. The number of rotatable bonds is 45. The standard InChI is InChI=1S/C56H102N2O10/c1-5-7-9-11-13-15-17-19-21-23-25-27-29-31-33-35-37-56(38-36-34-32-30-28-26-24-22-20-18-16-14-12-10-8-6-2)66-48-50(68-56)45-58(4)46-52(60)57-39-40-63-41-42-64-43-44-65-55-49(3)53(61)54(62)51(47-59)67-55/h13-16,19-22,49-51,53-55,59,61-62H,5-12,17-18,23-48H2,1-4H3,(H,57,60). The lowest BCUT2D eigenvalue weighted by Gasteiger charge is -2.40. The van der Waals surface area contributed by atoms with Gasteiger partial charge in [-0.2, -0.15) is 0 Å². The number of carbonyl (C=O) groups excluding carboxylic acids is 1. The zero-order chi connectivity index (χ0) is 49.2. The molecule has 2 rings (SSSR count). The third-order valence-electron chi connectivity index (χ3n) is 13.0. The normalized spacial score (nSPS) is 23.5. The van der Waals surface area contributed by atoms with E-state index in [1.54, 1.807) is 6.92 Å². The van der Waals surface area contributed by atoms with Crippen molar-refractivity contribution < 1.29 is 48.5 Å². The van der Waals surface area contributed by atoms with E-state index in [9.17, 15) is 20.1 Å². The molecule has 396 valence electrons. The topological polar surface area (TPSA) is 148 Å². The van der Waals surface area contributed by atoms with Crippen molar-refractivity contribution in [2.24, 2.45) is 5.92 Å². The van der Waals surface area contributed by atoms with Crippen LogP contribution in [0.3, 0.4) is 0 Å². The van der Waals surface area contributed by atoms with E-state index < -0.39 is 42.9 Å². The minimum Gasteiger partial charge on any atom is -0.394 e. The summed E-state index contributed by atoms with van der Waals surface area (Å²) in [6, 6.07) is 0. The molecule has 0 bridgehead atoms. The molecule has 2 aliphatic rings. The summed E-state index contributed by atoms with van der Waals surface area (Å²) >= 11 is 0. The van der Waals surface area contributed by atoms with E-state index in [-0.39, 0.29) is 25.2 Å². The molecule has 4 N–H and O–H groups in total. The molecule has 6 unspecified atom stereocenters. The summed E-state index contributed by atoms with van der Waals surface area (Å²) in [5.74, 6) is -1.03. The monoisotopic (exact) mass is 963 g/mol. The number of hydrogen-bond donors (Lipinski definition) is 4. The summed E-state index contributed by atoms with van der Waals surface area (Å²) < 4.78 is 35.7. The summed E-state index contributed by atoms with van der Waals surface area (Å²) in [5.41, 5.74) is 0. The number of hydrogen-bond acceptors (Lipinski definition) is 11. The quantitative estimate of drug-likeness (QED) is 0.0341. The molecule has 2 aliphatic heterocycles. The van der Waals surface area contributed by atoms with E-state index in [1.807, 2.05) is 11.9 Å². The summed E-state index contributed by atoms with van der Waals surface area (Å²) in [5, 5.41) is 32.5. The lowest BCUT2D eigenvalue weighted by Crippen LogP contribution is -2.55. The number of aliphatic hydroxyl groups excluding tert-OH is 3. The fourth-order valence-electron chi connectivity index (χ4n) is 8.79. The summed E-state index contributed by atoms with van der Waals surface area (Å²) in [6.45, 7) is 9.32. The number of allylic oxidation sites excluding steroid dienone is 8. The molecule has 2 saturated heterocycles. The van der Waals surface area contributed by atoms with Crippen LogP contribution >= 0.6 is 0 Å². The largest absolute Gasteiger partial charge is 0.394 e. The number of aliphatic hydroxyl groups is 3. The summed E-state index contributed by atoms with van der Waals surface area (Å²) in [6.07, 6.45) is 46.1. The van der Waals surface area contributed by atoms with E-state index >= 15 is 0 Å². The van der Waals surface area contributed by atoms with E-state index in [1.165, 1.54) is 128 Å². The molecule has 12 nitrogen and oxygen atoms in total. The number of carbonyl (C=O) groups is 1. The Labute approximate surface area is 415 Å². The van der Waals surface area contributed by atoms with Crippen molar-refractivity contribution >= 4 is 5.91 Å². The van der Waals surface area contributed by atoms with Crippen LogP contribution in [0.2, 0.25) is 0 Å². The lowest BCUT2D eigenvalue weighted by molar-refractivity contribution is -0.284. The second-order valence-electron chi connectivity index (χ2n) is 19.3. The van der Waals surface area contributed by atoms with Gasteiger partial charge in [0.25, 0.3) is 0 Å². The molecule has 0 aliphatic carbocycles. The van der Waals surface area contributed by atoms with Crippen molar-refractivity contribution in [1.29, 1.82) is 0 Å². The predicted molar refractivity (Wildman–Crippen MR) is 277 cm³/mol. The number of unbranched alkanes of at least 4 members (excludes halogenated alkanes) is 18. The third kappa shape index (κ3) is 31.4. The molecular weight excluding hydrogens is 861 g/mol. The molecule has 0 radical (unpaired) electrons. The van der Waals surface area contributed by atoms with E-state index in [0.717, 1.165) is 38.5 Å². The van der Waals surface area contributed by atoms with Gasteiger partial charge in [-0.1, -0.05) is 146 Å². The van der Waals surface area contributed by atoms with Crippen LogP contribution in [0.25, 0.3) is 0 Å². The van der Waals surface area contributed by atoms with Crippen molar-refractivity contribution in [2.45, 2.75) is 224 Å². The van der Waals surface area contributed by atoms with Gasteiger partial charge in [-0.05, 0) is 84.1 Å². The van der Waals surface area contributed by atoms with E-state index in [0.29, 0.717) is 46.1 Å². The van der Waals surface area contributed by atoms with Crippen LogP contribution in [-0.2, 0) is 33.2 Å². The molecule has 12 heteroatoms. The summed E-state index contributed by atoms with van der Waals surface area (Å²) in [4.78, 5) is 14.8. The zero-order valence-corrected chi connectivity index (χ0v) is 43.7. The SMILES string of the molecule is CCCCCC=CCC=CCCCCCCCCC1(CCCCCCCCC=CCC=CCCCCC)OCC(CN(C)CC(=O)NCCOCCOCCOC2OC(CO)C(O)C(O)C2C)O1. The van der Waals surface area contributed by atoms with Gasteiger partial charge < -0.3 is 49.1 Å². The third-order valence-corrected chi connectivity index (χ3v) is 13.0. The Morgan fingerprint density at radius 1 is 0.662 bits per heavy atom. The van der Waals surface area contributed by atoms with Gasteiger partial charge in [-0.3, -0.25) is 9.69 Å². The highest BCUT2D eigenvalue weighted by atomic mass is 16.7. The first kappa shape index (κ1) is 62.1. The molecule has 1 amide bonds. The predicted octanol–water partition coefficient (Wildman–Crippen LogP) is 10.7. The minimum absolute atomic E-state index is 0.0578. The maximum Gasteiger partial charge on any atom is 0.234 e. The van der Waals surface area contributed by atoms with Gasteiger partial charge in [0, 0.05) is 31.8 Å². The number of nitrogens with zero attached hydrogens (tertiary/aromatic N) is 1. The van der Waals surface area contributed by atoms with Crippen molar-refractivity contribution in [2.75, 3.05) is 72.9 Å². The van der Waals surface area contributed by atoms with E-state index in [2.05, 4.69) is 67.8 Å². The van der Waals surface area contributed by atoms with Gasteiger partial charge >= 0.3 is 0 Å². The maximum absolute atomic E-state index is 12.8. The molecule has 2 heterocycles. The van der Waals surface area contributed by atoms with Crippen LogP contribution in [0.5, 0.6) is 0 Å². The molecule has 6 atom stereocenters. The highest BCUT2D eigenvalue weighted by Crippen LogP contribution is 2.35. The Morgan fingerprint density at radius 2 is 1.15 bits per heavy atom. The second-order valence-corrected chi connectivity index (χ2v) is 19.3. The van der Waals surface area contributed by atoms with Crippen LogP contribution in [0.15, 0.2) is 48.6 Å². The molecule has 0 aromatic heterocycles. The van der Waals surface area contributed by atoms with Crippen LogP contribution in [0.4, 0.5) is 0 Å². The lowest BCUT2D eigenvalue weighted by atomic mass is 9.92. The summed E-state index contributed by atoms with van der Waals surface area (Å²) in [7, 11) is 1.96. The Morgan fingerprint density at radius 3 is 1.68 bits per heavy atom. The molecular formula is C56H102N2O10. The van der Waals surface area contributed by atoms with Crippen LogP contribution in [0, 0.1) is 5.92 Å². The van der Waals surface area contributed by atoms with Gasteiger partial charge in [-0.15, -0.1) is 0 Å². The van der Waals surface area contributed by atoms with Crippen LogP contribution in [0.1, 0.15) is 188 Å². The minimum atomic E-state index is -1.15. The first-order valence-corrected chi connectivity index (χ1v) is 27.5. The van der Waals surface area contributed by atoms with Crippen molar-refractivity contribution in [3.05, 3.63) is 48.6 Å². The smallest absolute Gasteiger partial charge is 0.234 e. The first-order valence-electron chi connectivity index (χ1n) is 27.5. The number of likely N-dealkylation sites (N-methyl/N-ethyl adjacent to an activating group) is 1.